The van der Waals surface area contributed by atoms with Gasteiger partial charge in [-0.25, -0.2) is 9.78 Å². The second-order valence-corrected chi connectivity index (χ2v) is 8.10. The number of benzene rings is 2. The Labute approximate surface area is 206 Å². The zero-order valence-corrected chi connectivity index (χ0v) is 19.5. The molecule has 0 saturated carbocycles. The van der Waals surface area contributed by atoms with Crippen LogP contribution in [0.4, 0.5) is 18.9 Å². The maximum Gasteiger partial charge on any atom is 0.416 e. The van der Waals surface area contributed by atoms with Crippen LogP contribution in [-0.2, 0) is 41.1 Å². The molecule has 10 nitrogen and oxygen atoms in total. The van der Waals surface area contributed by atoms with Gasteiger partial charge in [-0.15, -0.1) is 0 Å². The second-order valence-electron chi connectivity index (χ2n) is 8.10. The monoisotopic (exact) mass is 515 g/mol. The summed E-state index contributed by atoms with van der Waals surface area (Å²) in [7, 11) is 2.70. The van der Waals surface area contributed by atoms with E-state index < -0.39 is 47.5 Å². The maximum atomic E-state index is 13.1. The molecule has 1 N–H and O–H groups in total. The summed E-state index contributed by atoms with van der Waals surface area (Å²) in [6, 6.07) is 11.9. The Kier molecular flexibility index (Phi) is 6.70. The molecule has 13 heteroatoms. The summed E-state index contributed by atoms with van der Waals surface area (Å²) < 4.78 is 47.8. The van der Waals surface area contributed by atoms with Crippen LogP contribution in [0.25, 0.3) is 11.2 Å². The van der Waals surface area contributed by atoms with Gasteiger partial charge < -0.3 is 14.6 Å². The molecule has 4 aromatic rings. The molecule has 0 aliphatic rings. The fourth-order valence-electron chi connectivity index (χ4n) is 3.71. The van der Waals surface area contributed by atoms with Crippen LogP contribution < -0.4 is 16.6 Å². The van der Waals surface area contributed by atoms with Gasteiger partial charge in [-0.3, -0.25) is 23.5 Å². The first-order valence-corrected chi connectivity index (χ1v) is 10.8. The first kappa shape index (κ1) is 25.4. The number of nitrogens with one attached hydrogen (secondary N) is 1. The zero-order valence-electron chi connectivity index (χ0n) is 19.5. The third-order valence-corrected chi connectivity index (χ3v) is 5.56. The molecule has 37 heavy (non-hydrogen) atoms. The second kappa shape index (κ2) is 9.76. The van der Waals surface area contributed by atoms with Crippen LogP contribution in [0, 0.1) is 0 Å². The lowest BCUT2D eigenvalue weighted by atomic mass is 10.1. The molecule has 192 valence electrons. The van der Waals surface area contributed by atoms with Crippen molar-refractivity contribution in [1.29, 1.82) is 0 Å². The number of alkyl halides is 3. The average molecular weight is 515 g/mol. The van der Waals surface area contributed by atoms with E-state index in [1.807, 2.05) is 0 Å². The van der Waals surface area contributed by atoms with Crippen molar-refractivity contribution in [3.63, 3.8) is 0 Å². The lowest BCUT2D eigenvalue weighted by Crippen LogP contribution is -2.37. The molecule has 0 bridgehead atoms. The molecule has 0 unspecified atom stereocenters. The van der Waals surface area contributed by atoms with Crippen LogP contribution in [-0.4, -0.2) is 30.6 Å². The van der Waals surface area contributed by atoms with Gasteiger partial charge >= 0.3 is 17.8 Å². The summed E-state index contributed by atoms with van der Waals surface area (Å²) in [6.45, 7) is -0.524. The molecule has 0 fully saturated rings. The van der Waals surface area contributed by atoms with Crippen molar-refractivity contribution >= 4 is 28.7 Å². The highest BCUT2D eigenvalue weighted by molar-refractivity contribution is 5.96. The van der Waals surface area contributed by atoms with Crippen molar-refractivity contribution in [3.05, 3.63) is 92.9 Å². The summed E-state index contributed by atoms with van der Waals surface area (Å²) in [6.07, 6.45) is -4.93. The number of aryl methyl sites for hydroxylation is 1. The summed E-state index contributed by atoms with van der Waals surface area (Å²) in [5.41, 5.74) is -2.06. The predicted molar refractivity (Wildman–Crippen MR) is 126 cm³/mol. The summed E-state index contributed by atoms with van der Waals surface area (Å²) in [4.78, 5) is 54.6. The van der Waals surface area contributed by atoms with Gasteiger partial charge in [0.2, 0.25) is 6.10 Å². The average Bonchev–Trinajstić information content (AvgIpc) is 3.28. The topological polar surface area (TPSA) is 117 Å². The summed E-state index contributed by atoms with van der Waals surface area (Å²) >= 11 is 0. The lowest BCUT2D eigenvalue weighted by molar-refractivity contribution is -0.155. The van der Waals surface area contributed by atoms with Gasteiger partial charge in [0.25, 0.3) is 11.5 Å². The zero-order chi connectivity index (χ0) is 26.9. The molecule has 0 spiro atoms. The molecule has 2 heterocycles. The number of ether oxygens (including phenoxy) is 1. The van der Waals surface area contributed by atoms with E-state index in [4.69, 9.17) is 4.74 Å². The van der Waals surface area contributed by atoms with Crippen LogP contribution in [0.5, 0.6) is 0 Å². The molecule has 0 aliphatic carbocycles. The van der Waals surface area contributed by atoms with Gasteiger partial charge in [0.1, 0.15) is 6.54 Å². The quantitative estimate of drug-likeness (QED) is 0.394. The van der Waals surface area contributed by atoms with Gasteiger partial charge in [0.05, 0.1) is 11.9 Å². The van der Waals surface area contributed by atoms with E-state index in [2.05, 4.69) is 10.3 Å². The van der Waals surface area contributed by atoms with E-state index in [0.717, 1.165) is 27.3 Å². The number of fused-ring (bicyclic) bond motifs is 1. The Morgan fingerprint density at radius 2 is 1.73 bits per heavy atom. The number of anilines is 1. The van der Waals surface area contributed by atoms with Crippen LogP contribution in [0.15, 0.2) is 70.5 Å². The van der Waals surface area contributed by atoms with E-state index in [0.29, 0.717) is 0 Å². The highest BCUT2D eigenvalue weighted by Crippen LogP contribution is 2.31. The molecular weight excluding hydrogens is 495 g/mol. The van der Waals surface area contributed by atoms with Crippen molar-refractivity contribution in [3.8, 4) is 0 Å². The van der Waals surface area contributed by atoms with Crippen molar-refractivity contribution in [2.45, 2.75) is 18.8 Å². The van der Waals surface area contributed by atoms with Gasteiger partial charge in [0, 0.05) is 25.3 Å². The van der Waals surface area contributed by atoms with E-state index >= 15 is 0 Å². The number of aromatic nitrogens is 4. The van der Waals surface area contributed by atoms with E-state index in [-0.39, 0.29) is 22.4 Å². The standard InChI is InChI=1S/C24H20F3N5O5/c1-30-20-18(22(35)31(2)23(30)36)32(13-28-20)12-17(33)37-19(14-7-4-3-5-8-14)21(34)29-16-10-6-9-15(11-16)24(25,26)27/h3-11,13,19H,12H2,1-2H3,(H,29,34)/t19-/m0/s1. The Morgan fingerprint density at radius 3 is 2.41 bits per heavy atom. The minimum absolute atomic E-state index is 0.0220. The predicted octanol–water partition coefficient (Wildman–Crippen LogP) is 2.38. The normalized spacial score (nSPS) is 12.4. The molecule has 0 aliphatic heterocycles. The first-order valence-electron chi connectivity index (χ1n) is 10.8. The number of carbonyl (C=O) groups is 2. The number of hydrogen-bond donors (Lipinski definition) is 1. The molecule has 0 radical (unpaired) electrons. The van der Waals surface area contributed by atoms with Crippen LogP contribution in [0.1, 0.15) is 17.2 Å². The molecule has 1 atom stereocenters. The van der Waals surface area contributed by atoms with Gasteiger partial charge in [0.15, 0.2) is 11.2 Å². The highest BCUT2D eigenvalue weighted by atomic mass is 19.4. The smallest absolute Gasteiger partial charge is 0.416 e. The Morgan fingerprint density at radius 1 is 1.03 bits per heavy atom. The van der Waals surface area contributed by atoms with E-state index in [1.165, 1.54) is 43.2 Å². The first-order chi connectivity index (χ1) is 17.5. The fourth-order valence-corrected chi connectivity index (χ4v) is 3.71. The number of hydrogen-bond acceptors (Lipinski definition) is 6. The summed E-state index contributed by atoms with van der Waals surface area (Å²) in [5, 5.41) is 2.35. The Balaban J connectivity index is 1.61. The molecule has 1 amide bonds. The van der Waals surface area contributed by atoms with E-state index in [9.17, 15) is 32.3 Å². The molecular formula is C24H20F3N5O5. The van der Waals surface area contributed by atoms with Crippen molar-refractivity contribution in [2.75, 3.05) is 5.32 Å². The van der Waals surface area contributed by atoms with Crippen molar-refractivity contribution in [1.82, 2.24) is 18.7 Å². The highest BCUT2D eigenvalue weighted by Gasteiger charge is 2.31. The minimum atomic E-state index is -4.61. The van der Waals surface area contributed by atoms with Crippen LogP contribution in [0.3, 0.4) is 0 Å². The lowest BCUT2D eigenvalue weighted by Gasteiger charge is -2.19. The number of rotatable bonds is 6. The fraction of sp³-hybridized carbons (Fsp3) is 0.208. The largest absolute Gasteiger partial charge is 0.446 e. The number of esters is 1. The van der Waals surface area contributed by atoms with Crippen LogP contribution in [0.2, 0.25) is 0 Å². The number of amides is 1. The molecule has 0 saturated heterocycles. The SMILES string of the molecule is Cn1c(=O)c2c(ncn2CC(=O)O[C@H](C(=O)Nc2cccc(C(F)(F)F)c2)c2ccccc2)n(C)c1=O. The van der Waals surface area contributed by atoms with E-state index in [1.54, 1.807) is 18.2 Å². The van der Waals surface area contributed by atoms with Gasteiger partial charge in [-0.05, 0) is 18.2 Å². The van der Waals surface area contributed by atoms with Gasteiger partial charge in [-0.2, -0.15) is 13.2 Å². The number of imidazole rings is 1. The third kappa shape index (κ3) is 5.15. The minimum Gasteiger partial charge on any atom is -0.446 e. The molecule has 2 aromatic heterocycles. The maximum absolute atomic E-state index is 13.1. The Hall–Kier alpha value is -4.68. The van der Waals surface area contributed by atoms with Gasteiger partial charge in [-0.1, -0.05) is 36.4 Å². The van der Waals surface area contributed by atoms with Crippen LogP contribution >= 0.6 is 0 Å². The third-order valence-electron chi connectivity index (χ3n) is 5.56. The number of carbonyl (C=O) groups excluding carboxylic acids is 2. The van der Waals surface area contributed by atoms with Crippen molar-refractivity contribution < 1.29 is 27.5 Å². The summed E-state index contributed by atoms with van der Waals surface area (Å²) in [5.74, 6) is -1.81. The van der Waals surface area contributed by atoms with Crippen molar-refractivity contribution in [2.24, 2.45) is 14.1 Å². The molecule has 4 rings (SSSR count). The number of nitrogens with zero attached hydrogens (tertiary/aromatic N) is 4. The number of halogens is 3. The Bertz CT molecular complexity index is 1610. The molecule has 2 aromatic carbocycles.